The van der Waals surface area contributed by atoms with Crippen LogP contribution in [0.4, 0.5) is 0 Å². The van der Waals surface area contributed by atoms with Crippen LogP contribution < -0.4 is 5.32 Å². The summed E-state index contributed by atoms with van der Waals surface area (Å²) in [6.07, 6.45) is 2.01. The average molecular weight is 223 g/mol. The van der Waals surface area contributed by atoms with Crippen molar-refractivity contribution in [2.45, 2.75) is 33.2 Å². The molecule has 2 N–H and O–H groups in total. The normalized spacial score (nSPS) is 15.4. The van der Waals surface area contributed by atoms with Crippen LogP contribution in [-0.2, 0) is 19.4 Å². The number of H-pyrrole nitrogens is 1. The van der Waals surface area contributed by atoms with E-state index in [9.17, 15) is 0 Å². The molecule has 4 heteroatoms. The summed E-state index contributed by atoms with van der Waals surface area (Å²) in [5.41, 5.74) is 2.47. The molecule has 82 valence electrons. The molecule has 0 fully saturated rings. The highest BCUT2D eigenvalue weighted by Crippen LogP contribution is 2.13. The van der Waals surface area contributed by atoms with Gasteiger partial charge in [0, 0.05) is 37.2 Å². The minimum absolute atomic E-state index is 0.614. The second-order valence-electron chi connectivity index (χ2n) is 4.47. The highest BCUT2D eigenvalue weighted by Gasteiger charge is 2.12. The van der Waals surface area contributed by atoms with E-state index in [4.69, 9.17) is 12.2 Å². The first-order valence-electron chi connectivity index (χ1n) is 5.48. The lowest BCUT2D eigenvalue weighted by molar-refractivity contribution is 0.589. The van der Waals surface area contributed by atoms with Crippen molar-refractivity contribution in [2.24, 2.45) is 5.92 Å². The Morgan fingerprint density at radius 2 is 2.27 bits per heavy atom. The molecule has 0 radical (unpaired) electrons. The number of hydrogen-bond donors (Lipinski definition) is 2. The maximum Gasteiger partial charge on any atom is 0.134 e. The van der Waals surface area contributed by atoms with Gasteiger partial charge in [-0.2, -0.15) is 0 Å². The van der Waals surface area contributed by atoms with E-state index >= 15 is 0 Å². The van der Waals surface area contributed by atoms with Gasteiger partial charge in [-0.15, -0.1) is 0 Å². The van der Waals surface area contributed by atoms with Crippen molar-refractivity contribution in [1.29, 1.82) is 0 Å². The quantitative estimate of drug-likeness (QED) is 0.753. The van der Waals surface area contributed by atoms with E-state index in [0.29, 0.717) is 5.92 Å². The molecule has 0 unspecified atom stereocenters. The summed E-state index contributed by atoms with van der Waals surface area (Å²) in [6.45, 7) is 6.28. The summed E-state index contributed by atoms with van der Waals surface area (Å²) >= 11 is 5.31. The molecule has 0 amide bonds. The van der Waals surface area contributed by atoms with E-state index in [-0.39, 0.29) is 0 Å². The number of nitrogens with zero attached hydrogens (tertiary/aromatic N) is 1. The van der Waals surface area contributed by atoms with Crippen molar-refractivity contribution in [3.8, 4) is 0 Å². The van der Waals surface area contributed by atoms with Crippen LogP contribution in [0.5, 0.6) is 0 Å². The van der Waals surface area contributed by atoms with Crippen molar-refractivity contribution in [2.75, 3.05) is 6.54 Å². The van der Waals surface area contributed by atoms with Crippen molar-refractivity contribution >= 4 is 12.2 Å². The van der Waals surface area contributed by atoms with Gasteiger partial charge in [-0.05, 0) is 5.92 Å². The fraction of sp³-hybridized carbons (Fsp3) is 0.636. The van der Waals surface area contributed by atoms with Gasteiger partial charge in [0.15, 0.2) is 0 Å². The number of fused-ring (bicyclic) bond motifs is 1. The Bertz CT molecular complexity index is 409. The second kappa shape index (κ2) is 4.41. The summed E-state index contributed by atoms with van der Waals surface area (Å²) in [4.78, 5) is 7.87. The van der Waals surface area contributed by atoms with Crippen LogP contribution >= 0.6 is 12.2 Å². The van der Waals surface area contributed by atoms with Crippen molar-refractivity contribution < 1.29 is 0 Å². The van der Waals surface area contributed by atoms with Crippen LogP contribution in [0.1, 0.15) is 30.9 Å². The molecule has 0 atom stereocenters. The number of rotatable bonds is 2. The Balaban J connectivity index is 2.36. The molecule has 1 aliphatic heterocycles. The molecule has 2 rings (SSSR count). The summed E-state index contributed by atoms with van der Waals surface area (Å²) in [5, 5.41) is 3.32. The van der Waals surface area contributed by atoms with Crippen LogP contribution in [-0.4, -0.2) is 16.5 Å². The SMILES string of the molecule is CC(C)Cc1nc(=S)c2c([nH]1)CCNC2. The van der Waals surface area contributed by atoms with Gasteiger partial charge in [-0.1, -0.05) is 26.1 Å². The number of hydrogen-bond acceptors (Lipinski definition) is 3. The predicted octanol–water partition coefficient (Wildman–Crippen LogP) is 1.98. The zero-order valence-corrected chi connectivity index (χ0v) is 10.1. The van der Waals surface area contributed by atoms with E-state index in [1.807, 2.05) is 0 Å². The molecular weight excluding hydrogens is 206 g/mol. The number of aromatic nitrogens is 2. The second-order valence-corrected chi connectivity index (χ2v) is 4.86. The number of aromatic amines is 1. The third-order valence-electron chi connectivity index (χ3n) is 2.61. The third kappa shape index (κ3) is 2.44. The fourth-order valence-electron chi connectivity index (χ4n) is 1.90. The maximum atomic E-state index is 5.31. The first kappa shape index (κ1) is 10.8. The molecule has 0 saturated heterocycles. The van der Waals surface area contributed by atoms with Crippen LogP contribution in [0.15, 0.2) is 0 Å². The van der Waals surface area contributed by atoms with Crippen LogP contribution in [0, 0.1) is 10.6 Å². The molecule has 3 nitrogen and oxygen atoms in total. The smallest absolute Gasteiger partial charge is 0.134 e. The van der Waals surface area contributed by atoms with Gasteiger partial charge in [0.1, 0.15) is 10.5 Å². The van der Waals surface area contributed by atoms with Gasteiger partial charge >= 0.3 is 0 Å². The highest BCUT2D eigenvalue weighted by molar-refractivity contribution is 7.71. The standard InChI is InChI=1S/C11H17N3S/c1-7(2)5-10-13-9-3-4-12-6-8(9)11(15)14-10/h7,12H,3-6H2,1-2H3,(H,13,14,15). The molecule has 1 aromatic heterocycles. The van der Waals surface area contributed by atoms with E-state index in [2.05, 4.69) is 29.1 Å². The lowest BCUT2D eigenvalue weighted by atomic mass is 10.1. The zero-order valence-electron chi connectivity index (χ0n) is 9.26. The minimum atomic E-state index is 0.614. The van der Waals surface area contributed by atoms with E-state index in [1.165, 1.54) is 11.3 Å². The van der Waals surface area contributed by atoms with E-state index < -0.39 is 0 Å². The predicted molar refractivity (Wildman–Crippen MR) is 63.4 cm³/mol. The van der Waals surface area contributed by atoms with Gasteiger partial charge in [0.05, 0.1) is 0 Å². The minimum Gasteiger partial charge on any atom is -0.347 e. The first-order valence-corrected chi connectivity index (χ1v) is 5.89. The van der Waals surface area contributed by atoms with Crippen molar-refractivity contribution in [3.63, 3.8) is 0 Å². The topological polar surface area (TPSA) is 40.7 Å². The summed E-state index contributed by atoms with van der Waals surface area (Å²) in [5.74, 6) is 1.65. The zero-order chi connectivity index (χ0) is 10.8. The Morgan fingerprint density at radius 3 is 3.00 bits per heavy atom. The molecule has 0 saturated carbocycles. The molecule has 1 aliphatic rings. The Hall–Kier alpha value is -0.740. The Labute approximate surface area is 95.3 Å². The van der Waals surface area contributed by atoms with Crippen molar-refractivity contribution in [1.82, 2.24) is 15.3 Å². The van der Waals surface area contributed by atoms with E-state index in [1.54, 1.807) is 0 Å². The van der Waals surface area contributed by atoms with Gasteiger partial charge in [-0.25, -0.2) is 4.98 Å². The Morgan fingerprint density at radius 1 is 1.47 bits per heavy atom. The molecule has 0 aliphatic carbocycles. The average Bonchev–Trinajstić information content (AvgIpc) is 2.16. The molecule has 2 heterocycles. The molecule has 0 aromatic carbocycles. The van der Waals surface area contributed by atoms with Crippen LogP contribution in [0.3, 0.4) is 0 Å². The number of nitrogens with one attached hydrogen (secondary N) is 2. The van der Waals surface area contributed by atoms with Crippen LogP contribution in [0.2, 0.25) is 0 Å². The Kier molecular flexibility index (Phi) is 3.17. The third-order valence-corrected chi connectivity index (χ3v) is 2.95. The first-order chi connectivity index (χ1) is 7.16. The van der Waals surface area contributed by atoms with Crippen LogP contribution in [0.25, 0.3) is 0 Å². The van der Waals surface area contributed by atoms with Gasteiger partial charge < -0.3 is 10.3 Å². The van der Waals surface area contributed by atoms with Crippen molar-refractivity contribution in [3.05, 3.63) is 21.7 Å². The molecule has 1 aromatic rings. The summed E-state index contributed by atoms with van der Waals surface area (Å²) in [7, 11) is 0. The van der Waals surface area contributed by atoms with Gasteiger partial charge in [0.25, 0.3) is 0 Å². The summed E-state index contributed by atoms with van der Waals surface area (Å²) < 4.78 is 0.770. The highest BCUT2D eigenvalue weighted by atomic mass is 32.1. The lowest BCUT2D eigenvalue weighted by Crippen LogP contribution is -2.26. The molecule has 0 spiro atoms. The monoisotopic (exact) mass is 223 g/mol. The molecule has 15 heavy (non-hydrogen) atoms. The van der Waals surface area contributed by atoms with E-state index in [0.717, 1.165) is 36.4 Å². The lowest BCUT2D eigenvalue weighted by Gasteiger charge is -2.18. The fourth-order valence-corrected chi connectivity index (χ4v) is 2.21. The largest absolute Gasteiger partial charge is 0.347 e. The maximum absolute atomic E-state index is 5.31. The van der Waals surface area contributed by atoms with Gasteiger partial charge in [-0.3, -0.25) is 0 Å². The molecule has 0 bridgehead atoms. The van der Waals surface area contributed by atoms with Gasteiger partial charge in [0.2, 0.25) is 0 Å². The molecular formula is C11H17N3S. The summed E-state index contributed by atoms with van der Waals surface area (Å²) in [6, 6.07) is 0.